The Morgan fingerprint density at radius 2 is 1.90 bits per heavy atom. The molecule has 0 aromatic carbocycles. The predicted molar refractivity (Wildman–Crippen MR) is 93.2 cm³/mol. The Balaban J connectivity index is 1.81. The molecular weight excluding hydrogens is 278 g/mol. The summed E-state index contributed by atoms with van der Waals surface area (Å²) in [6.45, 7) is 9.79. The van der Waals surface area contributed by atoms with Crippen LogP contribution in [-0.4, -0.2) is 24.1 Å². The molecular formula is C17H31N3S. The Bertz CT molecular complexity index is 392. The largest absolute Gasteiger partial charge is 0.349 e. The van der Waals surface area contributed by atoms with E-state index in [1.165, 1.54) is 48.5 Å². The first-order chi connectivity index (χ1) is 10.2. The minimum absolute atomic E-state index is 0.627. The molecule has 1 N–H and O–H groups in total. The summed E-state index contributed by atoms with van der Waals surface area (Å²) in [6.07, 6.45) is 10.6. The number of nitrogens with zero attached hydrogens (tertiary/aromatic N) is 2. The third-order valence-electron chi connectivity index (χ3n) is 4.78. The van der Waals surface area contributed by atoms with E-state index in [-0.39, 0.29) is 0 Å². The lowest BCUT2D eigenvalue weighted by atomic mass is 9.93. The molecule has 1 aliphatic carbocycles. The molecule has 1 atom stereocenters. The molecule has 4 heteroatoms. The van der Waals surface area contributed by atoms with Crippen LogP contribution in [-0.2, 0) is 6.54 Å². The molecule has 1 aliphatic rings. The third-order valence-corrected chi connectivity index (χ3v) is 5.84. The number of thiazole rings is 1. The number of hydrogen-bond donors (Lipinski definition) is 1. The highest BCUT2D eigenvalue weighted by molar-refractivity contribution is 7.15. The van der Waals surface area contributed by atoms with Crippen LogP contribution in [0, 0.1) is 5.92 Å². The second-order valence-corrected chi connectivity index (χ2v) is 7.30. The quantitative estimate of drug-likeness (QED) is 0.755. The molecule has 1 heterocycles. The minimum atomic E-state index is 0.627. The number of aromatic nitrogens is 1. The summed E-state index contributed by atoms with van der Waals surface area (Å²) in [4.78, 5) is 8.25. The second-order valence-electron chi connectivity index (χ2n) is 6.20. The predicted octanol–water partition coefficient (Wildman–Crippen LogP) is 4.44. The van der Waals surface area contributed by atoms with Crippen molar-refractivity contribution in [1.82, 2.24) is 10.3 Å². The molecule has 0 aliphatic heterocycles. The summed E-state index contributed by atoms with van der Waals surface area (Å²) in [5, 5.41) is 4.90. The molecule has 0 saturated heterocycles. The molecule has 1 aromatic heterocycles. The van der Waals surface area contributed by atoms with E-state index in [9.17, 15) is 0 Å². The van der Waals surface area contributed by atoms with Crippen molar-refractivity contribution < 1.29 is 0 Å². The van der Waals surface area contributed by atoms with Gasteiger partial charge in [0.1, 0.15) is 0 Å². The first-order valence-corrected chi connectivity index (χ1v) is 9.49. The lowest BCUT2D eigenvalue weighted by molar-refractivity contribution is 0.337. The van der Waals surface area contributed by atoms with Gasteiger partial charge in [0.15, 0.2) is 5.13 Å². The van der Waals surface area contributed by atoms with Gasteiger partial charge in [0.05, 0.1) is 0 Å². The van der Waals surface area contributed by atoms with Gasteiger partial charge in [0.25, 0.3) is 0 Å². The Morgan fingerprint density at radius 3 is 2.52 bits per heavy atom. The van der Waals surface area contributed by atoms with Gasteiger partial charge >= 0.3 is 0 Å². The zero-order valence-electron chi connectivity index (χ0n) is 13.9. The van der Waals surface area contributed by atoms with Crippen molar-refractivity contribution >= 4 is 16.5 Å². The fraction of sp³-hybridized carbons (Fsp3) is 0.824. The molecule has 21 heavy (non-hydrogen) atoms. The Morgan fingerprint density at radius 1 is 1.24 bits per heavy atom. The summed E-state index contributed by atoms with van der Waals surface area (Å²) >= 11 is 1.84. The molecule has 120 valence electrons. The van der Waals surface area contributed by atoms with Gasteiger partial charge in [-0.3, -0.25) is 0 Å². The summed E-state index contributed by atoms with van der Waals surface area (Å²) in [7, 11) is 0. The van der Waals surface area contributed by atoms with E-state index in [0.717, 1.165) is 25.6 Å². The van der Waals surface area contributed by atoms with E-state index >= 15 is 0 Å². The van der Waals surface area contributed by atoms with Crippen LogP contribution >= 0.6 is 11.3 Å². The van der Waals surface area contributed by atoms with Crippen LogP contribution < -0.4 is 10.2 Å². The van der Waals surface area contributed by atoms with Crippen molar-refractivity contribution in [2.24, 2.45) is 5.92 Å². The third kappa shape index (κ3) is 4.96. The molecule has 0 bridgehead atoms. The Kier molecular flexibility index (Phi) is 6.97. The van der Waals surface area contributed by atoms with E-state index < -0.39 is 0 Å². The standard InChI is InChI=1S/C17H31N3S/c1-4-20(5-2)17-19-13-16(21-17)12-18-14(3)15-10-8-6-7-9-11-15/h13-15,18H,4-12H2,1-3H3/t14-/m1/s1. The van der Waals surface area contributed by atoms with Gasteiger partial charge in [0, 0.05) is 36.8 Å². The van der Waals surface area contributed by atoms with Gasteiger partial charge in [-0.1, -0.05) is 25.7 Å². The lowest BCUT2D eigenvalue weighted by Crippen LogP contribution is -2.32. The van der Waals surface area contributed by atoms with E-state index in [2.05, 4.69) is 36.0 Å². The Labute approximate surface area is 134 Å². The highest BCUT2D eigenvalue weighted by atomic mass is 32.1. The molecule has 1 fully saturated rings. The molecule has 2 rings (SSSR count). The average Bonchev–Trinajstić information content (AvgIpc) is 2.79. The average molecular weight is 310 g/mol. The van der Waals surface area contributed by atoms with E-state index in [1.54, 1.807) is 0 Å². The van der Waals surface area contributed by atoms with E-state index in [1.807, 2.05) is 17.5 Å². The van der Waals surface area contributed by atoms with Crippen molar-refractivity contribution in [1.29, 1.82) is 0 Å². The van der Waals surface area contributed by atoms with Crippen LogP contribution in [0.2, 0.25) is 0 Å². The first kappa shape index (κ1) is 16.8. The van der Waals surface area contributed by atoms with Gasteiger partial charge in [-0.15, -0.1) is 11.3 Å². The maximum Gasteiger partial charge on any atom is 0.185 e. The maximum atomic E-state index is 4.57. The van der Waals surface area contributed by atoms with Crippen molar-refractivity contribution in [3.05, 3.63) is 11.1 Å². The van der Waals surface area contributed by atoms with Crippen LogP contribution in [0.25, 0.3) is 0 Å². The van der Waals surface area contributed by atoms with E-state index in [0.29, 0.717) is 6.04 Å². The maximum absolute atomic E-state index is 4.57. The van der Waals surface area contributed by atoms with Crippen molar-refractivity contribution in [3.63, 3.8) is 0 Å². The Hall–Kier alpha value is -0.610. The highest BCUT2D eigenvalue weighted by Gasteiger charge is 2.19. The fourth-order valence-corrected chi connectivity index (χ4v) is 4.25. The van der Waals surface area contributed by atoms with Gasteiger partial charge in [-0.2, -0.15) is 0 Å². The zero-order chi connectivity index (χ0) is 15.1. The molecule has 0 spiro atoms. The number of anilines is 1. The second kappa shape index (κ2) is 8.74. The minimum Gasteiger partial charge on any atom is -0.349 e. The lowest BCUT2D eigenvalue weighted by Gasteiger charge is -2.23. The van der Waals surface area contributed by atoms with Gasteiger partial charge < -0.3 is 10.2 Å². The highest BCUT2D eigenvalue weighted by Crippen LogP contribution is 2.26. The van der Waals surface area contributed by atoms with Crippen molar-refractivity contribution in [2.75, 3.05) is 18.0 Å². The topological polar surface area (TPSA) is 28.2 Å². The fourth-order valence-electron chi connectivity index (χ4n) is 3.26. The van der Waals surface area contributed by atoms with Crippen LogP contribution in [0.1, 0.15) is 64.2 Å². The van der Waals surface area contributed by atoms with Crippen molar-refractivity contribution in [2.45, 2.75) is 71.9 Å². The van der Waals surface area contributed by atoms with Crippen LogP contribution in [0.4, 0.5) is 5.13 Å². The first-order valence-electron chi connectivity index (χ1n) is 8.67. The zero-order valence-corrected chi connectivity index (χ0v) is 14.7. The monoisotopic (exact) mass is 309 g/mol. The molecule has 3 nitrogen and oxygen atoms in total. The SMILES string of the molecule is CCN(CC)c1ncc(CN[C@H](C)C2CCCCCC2)s1. The molecule has 1 aromatic rings. The van der Waals surface area contributed by atoms with Crippen LogP contribution in [0.3, 0.4) is 0 Å². The molecule has 0 unspecified atom stereocenters. The smallest absolute Gasteiger partial charge is 0.185 e. The van der Waals surface area contributed by atoms with Crippen molar-refractivity contribution in [3.8, 4) is 0 Å². The molecule has 0 amide bonds. The molecule has 0 radical (unpaired) electrons. The number of hydrogen-bond acceptors (Lipinski definition) is 4. The summed E-state index contributed by atoms with van der Waals surface area (Å²) < 4.78 is 0. The summed E-state index contributed by atoms with van der Waals surface area (Å²) in [5.41, 5.74) is 0. The van der Waals surface area contributed by atoms with E-state index in [4.69, 9.17) is 0 Å². The molecule has 1 saturated carbocycles. The summed E-state index contributed by atoms with van der Waals surface area (Å²) in [6, 6.07) is 0.627. The van der Waals surface area contributed by atoms with Crippen LogP contribution in [0.5, 0.6) is 0 Å². The number of rotatable bonds is 7. The van der Waals surface area contributed by atoms with Gasteiger partial charge in [-0.25, -0.2) is 4.98 Å². The van der Waals surface area contributed by atoms with Crippen LogP contribution in [0.15, 0.2) is 6.20 Å². The van der Waals surface area contributed by atoms with Gasteiger partial charge in [-0.05, 0) is 39.5 Å². The normalized spacial score (nSPS) is 18.4. The van der Waals surface area contributed by atoms with Gasteiger partial charge in [0.2, 0.25) is 0 Å². The number of nitrogens with one attached hydrogen (secondary N) is 1. The summed E-state index contributed by atoms with van der Waals surface area (Å²) in [5.74, 6) is 0.864.